The molecule has 0 aliphatic carbocycles. The lowest BCUT2D eigenvalue weighted by molar-refractivity contribution is 0.0695. The molecule has 0 bridgehead atoms. The molecule has 5 heteroatoms. The maximum absolute atomic E-state index is 11.8. The highest BCUT2D eigenvalue weighted by atomic mass is 16.4. The van der Waals surface area contributed by atoms with E-state index in [0.29, 0.717) is 11.5 Å². The number of carboxylic acid groups (broad SMARTS) is 1. The van der Waals surface area contributed by atoms with Crippen LogP contribution in [0, 0.1) is 0 Å². The SMILES string of the molecule is CCc1c(-c2ccc(C(=O)O)c(=O)[nH]2)oc2ccccc12. The predicted octanol–water partition coefficient (Wildman–Crippen LogP) is 3.05. The number of para-hydroxylation sites is 1. The topological polar surface area (TPSA) is 83.3 Å². The van der Waals surface area contributed by atoms with Gasteiger partial charge in [-0.05, 0) is 24.6 Å². The van der Waals surface area contributed by atoms with E-state index in [1.165, 1.54) is 6.07 Å². The van der Waals surface area contributed by atoms with Crippen LogP contribution in [0.25, 0.3) is 22.4 Å². The van der Waals surface area contributed by atoms with Crippen LogP contribution in [-0.4, -0.2) is 16.1 Å². The first-order valence-electron chi connectivity index (χ1n) is 6.59. The van der Waals surface area contributed by atoms with Gasteiger partial charge in [-0.1, -0.05) is 25.1 Å². The molecule has 0 aliphatic rings. The second-order valence-electron chi connectivity index (χ2n) is 4.68. The highest BCUT2D eigenvalue weighted by Gasteiger charge is 2.16. The van der Waals surface area contributed by atoms with Crippen LogP contribution in [0.3, 0.4) is 0 Å². The van der Waals surface area contributed by atoms with Crippen LogP contribution in [0.2, 0.25) is 0 Å². The van der Waals surface area contributed by atoms with Gasteiger partial charge < -0.3 is 14.5 Å². The van der Waals surface area contributed by atoms with Crippen LogP contribution < -0.4 is 5.56 Å². The molecule has 3 rings (SSSR count). The van der Waals surface area contributed by atoms with E-state index >= 15 is 0 Å². The van der Waals surface area contributed by atoms with Gasteiger partial charge in [0.05, 0.1) is 5.69 Å². The third kappa shape index (κ3) is 2.12. The van der Waals surface area contributed by atoms with Crippen molar-refractivity contribution in [2.75, 3.05) is 0 Å². The van der Waals surface area contributed by atoms with Crippen molar-refractivity contribution >= 4 is 16.9 Å². The van der Waals surface area contributed by atoms with E-state index in [9.17, 15) is 9.59 Å². The molecule has 0 saturated heterocycles. The zero-order chi connectivity index (χ0) is 15.0. The molecule has 3 aromatic rings. The lowest BCUT2D eigenvalue weighted by atomic mass is 10.1. The van der Waals surface area contributed by atoms with Crippen molar-refractivity contribution in [3.05, 3.63) is 57.9 Å². The molecule has 0 fully saturated rings. The largest absolute Gasteiger partial charge is 0.477 e. The third-order valence-corrected chi connectivity index (χ3v) is 3.44. The Morgan fingerprint density at radius 2 is 2.00 bits per heavy atom. The summed E-state index contributed by atoms with van der Waals surface area (Å²) in [5.74, 6) is -0.671. The smallest absolute Gasteiger partial charge is 0.341 e. The Bertz CT molecular complexity index is 889. The molecule has 0 unspecified atom stereocenters. The fourth-order valence-corrected chi connectivity index (χ4v) is 2.44. The normalized spacial score (nSPS) is 10.9. The van der Waals surface area contributed by atoms with Gasteiger partial charge in [0.2, 0.25) is 0 Å². The van der Waals surface area contributed by atoms with Crippen molar-refractivity contribution in [1.29, 1.82) is 0 Å². The van der Waals surface area contributed by atoms with E-state index in [0.717, 1.165) is 23.0 Å². The number of carbonyl (C=O) groups is 1. The van der Waals surface area contributed by atoms with Gasteiger partial charge >= 0.3 is 5.97 Å². The molecule has 0 radical (unpaired) electrons. The number of pyridine rings is 1. The maximum Gasteiger partial charge on any atom is 0.341 e. The van der Waals surface area contributed by atoms with Gasteiger partial charge in [-0.25, -0.2) is 4.79 Å². The summed E-state index contributed by atoms with van der Waals surface area (Å²) in [5.41, 5.74) is 1.30. The Balaban J connectivity index is 2.23. The number of hydrogen-bond acceptors (Lipinski definition) is 3. The molecule has 2 N–H and O–H groups in total. The van der Waals surface area contributed by atoms with Crippen molar-refractivity contribution in [1.82, 2.24) is 4.98 Å². The van der Waals surface area contributed by atoms with Crippen molar-refractivity contribution in [2.24, 2.45) is 0 Å². The molecule has 0 atom stereocenters. The zero-order valence-electron chi connectivity index (χ0n) is 11.3. The van der Waals surface area contributed by atoms with Gasteiger partial charge in [-0.15, -0.1) is 0 Å². The van der Waals surface area contributed by atoms with Gasteiger partial charge in [-0.3, -0.25) is 4.79 Å². The third-order valence-electron chi connectivity index (χ3n) is 3.44. The second-order valence-corrected chi connectivity index (χ2v) is 4.68. The standard InChI is InChI=1S/C16H13NO4/c1-2-9-10-5-3-4-6-13(10)21-14(9)12-8-7-11(16(19)20)15(18)17-12/h3-8H,2H2,1H3,(H,17,18)(H,19,20). The molecule has 2 aromatic heterocycles. The predicted molar refractivity (Wildman–Crippen MR) is 78.6 cm³/mol. The van der Waals surface area contributed by atoms with E-state index in [-0.39, 0.29) is 5.56 Å². The minimum atomic E-state index is -1.25. The minimum Gasteiger partial charge on any atom is -0.477 e. The lowest BCUT2D eigenvalue weighted by Crippen LogP contribution is -2.17. The number of carboxylic acids is 1. The van der Waals surface area contributed by atoms with Crippen molar-refractivity contribution in [3.8, 4) is 11.5 Å². The number of aryl methyl sites for hydroxylation is 1. The molecular formula is C16H13NO4. The monoisotopic (exact) mass is 283 g/mol. The quantitative estimate of drug-likeness (QED) is 0.773. The molecule has 21 heavy (non-hydrogen) atoms. The molecule has 0 spiro atoms. The summed E-state index contributed by atoms with van der Waals surface area (Å²) in [4.78, 5) is 25.3. The number of aromatic amines is 1. The van der Waals surface area contributed by atoms with Crippen LogP contribution in [0.1, 0.15) is 22.8 Å². The van der Waals surface area contributed by atoms with Crippen molar-refractivity contribution in [2.45, 2.75) is 13.3 Å². The van der Waals surface area contributed by atoms with E-state index in [2.05, 4.69) is 4.98 Å². The summed E-state index contributed by atoms with van der Waals surface area (Å²) in [7, 11) is 0. The number of nitrogens with one attached hydrogen (secondary N) is 1. The molecular weight excluding hydrogens is 270 g/mol. The first-order chi connectivity index (χ1) is 10.1. The summed E-state index contributed by atoms with van der Waals surface area (Å²) in [6, 6.07) is 10.5. The molecule has 106 valence electrons. The van der Waals surface area contributed by atoms with Crippen molar-refractivity contribution in [3.63, 3.8) is 0 Å². The Hall–Kier alpha value is -2.82. The van der Waals surface area contributed by atoms with E-state index < -0.39 is 11.5 Å². The summed E-state index contributed by atoms with van der Waals surface area (Å²) < 4.78 is 5.81. The summed E-state index contributed by atoms with van der Waals surface area (Å²) in [5, 5.41) is 9.90. The molecule has 0 amide bonds. The van der Waals surface area contributed by atoms with Crippen LogP contribution in [0.4, 0.5) is 0 Å². The van der Waals surface area contributed by atoms with Crippen molar-refractivity contribution < 1.29 is 14.3 Å². The number of fused-ring (bicyclic) bond motifs is 1. The average molecular weight is 283 g/mol. The van der Waals surface area contributed by atoms with Crippen LogP contribution in [-0.2, 0) is 6.42 Å². The van der Waals surface area contributed by atoms with Gasteiger partial charge in [-0.2, -0.15) is 0 Å². The van der Waals surface area contributed by atoms with E-state index in [1.54, 1.807) is 6.07 Å². The maximum atomic E-state index is 11.8. The van der Waals surface area contributed by atoms with Gasteiger partial charge in [0.25, 0.3) is 5.56 Å². The minimum absolute atomic E-state index is 0.284. The molecule has 1 aromatic carbocycles. The number of benzene rings is 1. The number of rotatable bonds is 3. The number of hydrogen-bond donors (Lipinski definition) is 2. The van der Waals surface area contributed by atoms with Gasteiger partial charge in [0.15, 0.2) is 5.76 Å². The van der Waals surface area contributed by atoms with Crippen LogP contribution in [0.15, 0.2) is 45.6 Å². The molecule has 0 saturated carbocycles. The molecule has 0 aliphatic heterocycles. The van der Waals surface area contributed by atoms with Gasteiger partial charge in [0.1, 0.15) is 11.1 Å². The van der Waals surface area contributed by atoms with Crippen LogP contribution in [0.5, 0.6) is 0 Å². The highest BCUT2D eigenvalue weighted by Crippen LogP contribution is 2.32. The second kappa shape index (κ2) is 4.94. The fraction of sp³-hybridized carbons (Fsp3) is 0.125. The lowest BCUT2D eigenvalue weighted by Gasteiger charge is -2.01. The van der Waals surface area contributed by atoms with Gasteiger partial charge in [0, 0.05) is 10.9 Å². The summed E-state index contributed by atoms with van der Waals surface area (Å²) in [6.07, 6.45) is 0.745. The Labute approximate surface area is 119 Å². The van der Waals surface area contributed by atoms with E-state index in [1.807, 2.05) is 31.2 Å². The van der Waals surface area contributed by atoms with E-state index in [4.69, 9.17) is 9.52 Å². The summed E-state index contributed by atoms with van der Waals surface area (Å²) in [6.45, 7) is 2.00. The highest BCUT2D eigenvalue weighted by molar-refractivity contribution is 5.89. The van der Waals surface area contributed by atoms with Crippen LogP contribution >= 0.6 is 0 Å². The number of furan rings is 1. The number of H-pyrrole nitrogens is 1. The Kier molecular flexibility index (Phi) is 3.10. The average Bonchev–Trinajstić information content (AvgIpc) is 2.85. The molecule has 5 nitrogen and oxygen atoms in total. The zero-order valence-corrected chi connectivity index (χ0v) is 11.3. The number of aromatic nitrogens is 1. The number of aromatic carboxylic acids is 1. The Morgan fingerprint density at radius 1 is 1.24 bits per heavy atom. The first kappa shape index (κ1) is 13.2. The first-order valence-corrected chi connectivity index (χ1v) is 6.59. The summed E-state index contributed by atoms with van der Waals surface area (Å²) >= 11 is 0. The fourth-order valence-electron chi connectivity index (χ4n) is 2.44. The Morgan fingerprint density at radius 3 is 2.67 bits per heavy atom. The molecule has 2 heterocycles.